The van der Waals surface area contributed by atoms with Crippen LogP contribution in [0.4, 0.5) is 4.39 Å². The molecular weight excluding hydrogens is 451 g/mol. The molecule has 34 heavy (non-hydrogen) atoms. The van der Waals surface area contributed by atoms with Gasteiger partial charge in [-0.25, -0.2) is 14.4 Å². The Kier molecular flexibility index (Phi) is 3.92. The van der Waals surface area contributed by atoms with Crippen molar-refractivity contribution < 1.29 is 4.39 Å². The Labute approximate surface area is 195 Å². The number of aromatic amines is 2. The SMILES string of the molecule is CC(C)n1c2cncc(c2)c2ncc3[nH][nH]c(c4nc5ccnc(c6ccc1s6)c5n4)-c3c2F. The van der Waals surface area contributed by atoms with Crippen molar-refractivity contribution in [2.24, 2.45) is 0 Å². The minimum absolute atomic E-state index is 0.138. The summed E-state index contributed by atoms with van der Waals surface area (Å²) in [5, 5.41) is 6.62. The van der Waals surface area contributed by atoms with E-state index in [4.69, 9.17) is 4.98 Å². The quantitative estimate of drug-likeness (QED) is 0.313. The lowest BCUT2D eigenvalue weighted by molar-refractivity contribution is 0.639. The van der Waals surface area contributed by atoms with Crippen LogP contribution in [0.25, 0.3) is 64.9 Å². The Hall–Kier alpha value is -4.18. The first kappa shape index (κ1) is 19.3. The van der Waals surface area contributed by atoms with Gasteiger partial charge in [0.2, 0.25) is 0 Å². The topological polar surface area (TPSA) is 101 Å². The highest BCUT2D eigenvalue weighted by molar-refractivity contribution is 7.23. The van der Waals surface area contributed by atoms with E-state index in [2.05, 4.69) is 60.7 Å². The summed E-state index contributed by atoms with van der Waals surface area (Å²) in [4.78, 5) is 24.0. The van der Waals surface area contributed by atoms with E-state index in [0.717, 1.165) is 20.6 Å². The van der Waals surface area contributed by atoms with Gasteiger partial charge in [0.25, 0.3) is 0 Å². The molecule has 5 aromatic rings. The Bertz CT molecular complexity index is 1920. The second-order valence-electron chi connectivity index (χ2n) is 8.44. The summed E-state index contributed by atoms with van der Waals surface area (Å²) in [6.45, 7) is 4.22. The van der Waals surface area contributed by atoms with E-state index in [1.165, 1.54) is 0 Å². The van der Waals surface area contributed by atoms with E-state index in [1.807, 2.05) is 12.1 Å². The van der Waals surface area contributed by atoms with E-state index in [0.29, 0.717) is 38.8 Å². The summed E-state index contributed by atoms with van der Waals surface area (Å²) >= 11 is 1.62. The zero-order valence-corrected chi connectivity index (χ0v) is 19.0. The summed E-state index contributed by atoms with van der Waals surface area (Å²) in [5.74, 6) is -0.458. The molecule has 8 bridgehead atoms. The molecule has 0 aliphatic carbocycles. The number of pyridine rings is 3. The summed E-state index contributed by atoms with van der Waals surface area (Å²) in [6, 6.07) is 8.01. The van der Waals surface area contributed by atoms with Gasteiger partial charge < -0.3 is 4.57 Å². The molecule has 2 N–H and O–H groups in total. The minimum atomic E-state index is -0.458. The molecule has 8 nitrogen and oxygen atoms in total. The third-order valence-corrected chi connectivity index (χ3v) is 7.11. The van der Waals surface area contributed by atoms with Crippen LogP contribution < -0.4 is 0 Å². The van der Waals surface area contributed by atoms with E-state index < -0.39 is 5.82 Å². The smallest absolute Gasteiger partial charge is 0.179 e. The number of H-pyrrole nitrogens is 2. The summed E-state index contributed by atoms with van der Waals surface area (Å²) < 4.78 is 19.1. The maximum Gasteiger partial charge on any atom is 0.179 e. The van der Waals surface area contributed by atoms with Crippen LogP contribution in [0.3, 0.4) is 0 Å². The minimum Gasteiger partial charge on any atom is -0.329 e. The number of imidazole rings is 1. The largest absolute Gasteiger partial charge is 0.329 e. The number of fused-ring (bicyclic) bond motifs is 9. The van der Waals surface area contributed by atoms with E-state index in [1.54, 1.807) is 36.1 Å². The van der Waals surface area contributed by atoms with Crippen molar-refractivity contribution in [3.05, 3.63) is 54.9 Å². The second-order valence-corrected chi connectivity index (χ2v) is 9.50. The fourth-order valence-electron chi connectivity index (χ4n) is 4.52. The molecule has 5 aromatic heterocycles. The van der Waals surface area contributed by atoms with Crippen molar-refractivity contribution in [2.45, 2.75) is 19.9 Å². The van der Waals surface area contributed by atoms with Gasteiger partial charge in [-0.1, -0.05) is 0 Å². The van der Waals surface area contributed by atoms with Crippen molar-refractivity contribution in [2.75, 3.05) is 0 Å². The average Bonchev–Trinajstić information content (AvgIpc) is 3.56. The molecule has 0 radical (unpaired) electrons. The van der Waals surface area contributed by atoms with Crippen LogP contribution in [-0.4, -0.2) is 39.7 Å². The summed E-state index contributed by atoms with van der Waals surface area (Å²) in [6.07, 6.45) is 6.77. The molecule has 0 saturated carbocycles. The number of halogens is 1. The van der Waals surface area contributed by atoms with Gasteiger partial charge in [0.05, 0.1) is 44.0 Å². The van der Waals surface area contributed by atoms with E-state index >= 15 is 4.39 Å². The molecule has 2 aliphatic heterocycles. The highest BCUT2D eigenvalue weighted by Crippen LogP contribution is 2.34. The number of hydrogen-bond donors (Lipinski definition) is 2. The van der Waals surface area contributed by atoms with Gasteiger partial charge >= 0.3 is 0 Å². The Morgan fingerprint density at radius 3 is 2.76 bits per heavy atom. The molecule has 0 unspecified atom stereocenters. The molecule has 0 amide bonds. The lowest BCUT2D eigenvalue weighted by atomic mass is 10.1. The Morgan fingerprint density at radius 2 is 1.88 bits per heavy atom. The van der Waals surface area contributed by atoms with Crippen molar-refractivity contribution in [3.8, 4) is 11.3 Å². The number of thiophene rings is 1. The lowest BCUT2D eigenvalue weighted by Crippen LogP contribution is -2.01. The van der Waals surface area contributed by atoms with Crippen LogP contribution in [-0.2, 0) is 0 Å². The van der Waals surface area contributed by atoms with Gasteiger partial charge in [-0.3, -0.25) is 25.1 Å². The molecule has 0 fully saturated rings. The van der Waals surface area contributed by atoms with Gasteiger partial charge in [0, 0.05) is 23.8 Å². The highest BCUT2D eigenvalue weighted by atomic mass is 32.1. The average molecular weight is 469 g/mol. The van der Waals surface area contributed by atoms with Crippen LogP contribution >= 0.6 is 11.3 Å². The van der Waals surface area contributed by atoms with Gasteiger partial charge in [-0.2, -0.15) is 0 Å². The predicted octanol–water partition coefficient (Wildman–Crippen LogP) is 5.90. The standard InChI is InChI=1S/C24H17FN8S/c1-11(2)33-13-7-12(8-26-9-13)20-19(25)18-15(10-28-20)31-32-23(18)24-29-14-5-6-27-22(21(14)30-24)16-3-4-17(33)34-16/h3-11,31-32H,1-2H3. The second kappa shape index (κ2) is 6.91. The third kappa shape index (κ3) is 2.65. The Balaban J connectivity index is 1.79. The van der Waals surface area contributed by atoms with Crippen molar-refractivity contribution in [3.63, 3.8) is 0 Å². The van der Waals surface area contributed by atoms with Gasteiger partial charge in [0.15, 0.2) is 11.5 Å². The molecule has 0 saturated heterocycles. The number of hydrogen-bond acceptors (Lipinski definition) is 6. The molecular formula is C24H17FN8S. The van der Waals surface area contributed by atoms with Crippen LogP contribution in [0.2, 0.25) is 0 Å². The maximum atomic E-state index is 16.0. The first-order valence-electron chi connectivity index (χ1n) is 10.8. The molecule has 2 aliphatic rings. The lowest BCUT2D eigenvalue weighted by Gasteiger charge is -2.12. The first-order valence-corrected chi connectivity index (χ1v) is 11.6. The van der Waals surface area contributed by atoms with Crippen molar-refractivity contribution in [1.82, 2.24) is 39.7 Å². The molecule has 7 rings (SSSR count). The zero-order chi connectivity index (χ0) is 23.0. The Morgan fingerprint density at radius 1 is 0.971 bits per heavy atom. The molecule has 166 valence electrons. The van der Waals surface area contributed by atoms with Crippen LogP contribution in [0.15, 0.2) is 49.1 Å². The molecule has 0 spiro atoms. The molecule has 0 atom stereocenters. The number of nitrogens with one attached hydrogen (secondary N) is 2. The fourth-order valence-corrected chi connectivity index (χ4v) is 5.68. The van der Waals surface area contributed by atoms with Gasteiger partial charge in [0.1, 0.15) is 22.2 Å². The van der Waals surface area contributed by atoms with Crippen LogP contribution in [0.5, 0.6) is 0 Å². The summed E-state index contributed by atoms with van der Waals surface area (Å²) in [5.41, 5.74) is 4.96. The molecule has 7 heterocycles. The highest BCUT2D eigenvalue weighted by Gasteiger charge is 2.20. The number of aromatic nitrogens is 8. The maximum absolute atomic E-state index is 16.0. The van der Waals surface area contributed by atoms with E-state index in [-0.39, 0.29) is 11.6 Å². The van der Waals surface area contributed by atoms with Crippen LogP contribution in [0, 0.1) is 5.82 Å². The normalized spacial score (nSPS) is 12.2. The first-order chi connectivity index (χ1) is 16.6. The zero-order valence-electron chi connectivity index (χ0n) is 18.2. The summed E-state index contributed by atoms with van der Waals surface area (Å²) in [7, 11) is 0. The fraction of sp³-hybridized carbons (Fsp3) is 0.125. The molecule has 10 heteroatoms. The van der Waals surface area contributed by atoms with Crippen molar-refractivity contribution in [1.29, 1.82) is 0 Å². The third-order valence-electron chi connectivity index (χ3n) is 6.02. The van der Waals surface area contributed by atoms with Gasteiger partial charge in [-0.15, -0.1) is 11.3 Å². The van der Waals surface area contributed by atoms with Crippen molar-refractivity contribution >= 4 is 65.0 Å². The predicted molar refractivity (Wildman–Crippen MR) is 132 cm³/mol. The monoisotopic (exact) mass is 468 g/mol. The van der Waals surface area contributed by atoms with Crippen LogP contribution in [0.1, 0.15) is 19.9 Å². The number of nitrogens with zero attached hydrogens (tertiary/aromatic N) is 6. The number of rotatable bonds is 1. The molecule has 0 aromatic carbocycles. The van der Waals surface area contributed by atoms with E-state index in [9.17, 15) is 0 Å². The van der Waals surface area contributed by atoms with Gasteiger partial charge in [-0.05, 0) is 38.1 Å².